The lowest BCUT2D eigenvalue weighted by atomic mass is 10.2. The highest BCUT2D eigenvalue weighted by molar-refractivity contribution is 7.86. The van der Waals surface area contributed by atoms with Crippen LogP contribution in [0.25, 0.3) is 0 Å². The number of aromatic nitrogens is 1. The van der Waals surface area contributed by atoms with Gasteiger partial charge in [-0.15, -0.1) is 0 Å². The van der Waals surface area contributed by atoms with Gasteiger partial charge in [-0.3, -0.25) is 4.55 Å². The number of benzene rings is 1. The van der Waals surface area contributed by atoms with Crippen LogP contribution in [0.4, 0.5) is 11.5 Å². The van der Waals surface area contributed by atoms with E-state index in [2.05, 4.69) is 9.88 Å². The van der Waals surface area contributed by atoms with Crippen molar-refractivity contribution < 1.29 is 17.7 Å². The molecule has 0 saturated carbocycles. The minimum Gasteiger partial charge on any atom is -0.497 e. The first-order chi connectivity index (χ1) is 11.9. The summed E-state index contributed by atoms with van der Waals surface area (Å²) in [6, 6.07) is 9.36. The maximum atomic E-state index is 11.2. The van der Waals surface area contributed by atoms with Gasteiger partial charge in [-0.2, -0.15) is 8.42 Å². The molecule has 134 valence electrons. The Balaban J connectivity index is 1.68. The molecule has 25 heavy (non-hydrogen) atoms. The SMILES string of the molecule is COc1ccc(N2CCN(c3cc(Cl)c(S(=O)(=O)O)cn3)CC2)cc1. The summed E-state index contributed by atoms with van der Waals surface area (Å²) in [4.78, 5) is 8.02. The molecule has 2 heterocycles. The van der Waals surface area contributed by atoms with Crippen molar-refractivity contribution in [3.05, 3.63) is 41.6 Å². The van der Waals surface area contributed by atoms with Gasteiger partial charge in [-0.05, 0) is 24.3 Å². The molecular formula is C16H18ClN3O4S. The number of rotatable bonds is 4. The molecule has 1 aromatic heterocycles. The second kappa shape index (κ2) is 7.07. The largest absolute Gasteiger partial charge is 0.497 e. The first-order valence-electron chi connectivity index (χ1n) is 7.65. The van der Waals surface area contributed by atoms with Gasteiger partial charge in [-0.1, -0.05) is 11.6 Å². The second-order valence-electron chi connectivity index (χ2n) is 5.62. The zero-order valence-corrected chi connectivity index (χ0v) is 15.2. The number of hydrogen-bond acceptors (Lipinski definition) is 6. The number of hydrogen-bond donors (Lipinski definition) is 1. The quantitative estimate of drug-likeness (QED) is 0.811. The molecule has 0 radical (unpaired) electrons. The summed E-state index contributed by atoms with van der Waals surface area (Å²) < 4.78 is 36.6. The van der Waals surface area contributed by atoms with E-state index < -0.39 is 10.1 Å². The Morgan fingerprint density at radius 2 is 1.72 bits per heavy atom. The van der Waals surface area contributed by atoms with E-state index >= 15 is 0 Å². The number of anilines is 2. The molecule has 3 rings (SSSR count). The van der Waals surface area contributed by atoms with Crippen LogP contribution in [0.1, 0.15) is 0 Å². The van der Waals surface area contributed by atoms with Gasteiger partial charge in [0.25, 0.3) is 10.1 Å². The van der Waals surface area contributed by atoms with Crippen molar-refractivity contribution in [2.45, 2.75) is 4.90 Å². The summed E-state index contributed by atoms with van der Waals surface area (Å²) in [6.07, 6.45) is 1.09. The lowest BCUT2D eigenvalue weighted by molar-refractivity contribution is 0.415. The van der Waals surface area contributed by atoms with Crippen molar-refractivity contribution in [3.8, 4) is 5.75 Å². The van der Waals surface area contributed by atoms with Crippen molar-refractivity contribution in [3.63, 3.8) is 0 Å². The third-order valence-electron chi connectivity index (χ3n) is 4.12. The van der Waals surface area contributed by atoms with E-state index in [1.54, 1.807) is 7.11 Å². The average Bonchev–Trinajstić information content (AvgIpc) is 2.61. The van der Waals surface area contributed by atoms with Crippen LogP contribution in [-0.4, -0.2) is 51.2 Å². The lowest BCUT2D eigenvalue weighted by Crippen LogP contribution is -2.46. The van der Waals surface area contributed by atoms with E-state index in [1.165, 1.54) is 6.07 Å². The van der Waals surface area contributed by atoms with Crippen LogP contribution < -0.4 is 14.5 Å². The fraction of sp³-hybridized carbons (Fsp3) is 0.312. The van der Waals surface area contributed by atoms with Crippen molar-refractivity contribution in [2.75, 3.05) is 43.1 Å². The Morgan fingerprint density at radius 3 is 2.24 bits per heavy atom. The van der Waals surface area contributed by atoms with Gasteiger partial charge in [0.05, 0.1) is 18.3 Å². The van der Waals surface area contributed by atoms with Crippen LogP contribution in [0.3, 0.4) is 0 Å². The molecule has 1 saturated heterocycles. The van der Waals surface area contributed by atoms with Crippen molar-refractivity contribution >= 4 is 33.2 Å². The van der Waals surface area contributed by atoms with Crippen LogP contribution in [0.15, 0.2) is 41.4 Å². The Bertz CT molecular complexity index is 850. The third kappa shape index (κ3) is 3.97. The second-order valence-corrected chi connectivity index (χ2v) is 7.42. The molecule has 1 fully saturated rings. The normalized spacial score (nSPS) is 15.3. The van der Waals surface area contributed by atoms with Gasteiger partial charge in [0.15, 0.2) is 0 Å². The monoisotopic (exact) mass is 383 g/mol. The lowest BCUT2D eigenvalue weighted by Gasteiger charge is -2.36. The molecule has 1 aliphatic rings. The molecule has 0 atom stereocenters. The third-order valence-corrected chi connectivity index (χ3v) is 5.43. The summed E-state index contributed by atoms with van der Waals surface area (Å²) in [6.45, 7) is 3.04. The van der Waals surface area contributed by atoms with Crippen LogP contribution in [-0.2, 0) is 10.1 Å². The standard InChI is InChI=1S/C16H18ClN3O4S/c1-24-13-4-2-12(3-5-13)19-6-8-20(9-7-19)16-10-14(17)15(11-18-16)25(21,22)23/h2-5,10-11H,6-9H2,1H3,(H,21,22,23). The van der Waals surface area contributed by atoms with Gasteiger partial charge in [0.2, 0.25) is 0 Å². The Labute approximate surface area is 151 Å². The fourth-order valence-corrected chi connectivity index (χ4v) is 3.69. The molecule has 1 aromatic carbocycles. The zero-order chi connectivity index (χ0) is 18.0. The molecule has 7 nitrogen and oxygen atoms in total. The highest BCUT2D eigenvalue weighted by Crippen LogP contribution is 2.26. The first kappa shape index (κ1) is 17.8. The van der Waals surface area contributed by atoms with Crippen LogP contribution in [0, 0.1) is 0 Å². The Morgan fingerprint density at radius 1 is 1.12 bits per heavy atom. The number of piperazine rings is 1. The molecule has 1 N–H and O–H groups in total. The molecule has 0 amide bonds. The summed E-state index contributed by atoms with van der Waals surface area (Å²) in [5, 5.41) is -0.0370. The van der Waals surface area contributed by atoms with Crippen molar-refractivity contribution in [1.29, 1.82) is 0 Å². The topological polar surface area (TPSA) is 83.0 Å². The molecular weight excluding hydrogens is 366 g/mol. The average molecular weight is 384 g/mol. The maximum absolute atomic E-state index is 11.2. The molecule has 0 spiro atoms. The van der Waals surface area contributed by atoms with E-state index in [0.717, 1.165) is 43.8 Å². The molecule has 0 bridgehead atoms. The van der Waals surface area contributed by atoms with Crippen molar-refractivity contribution in [1.82, 2.24) is 4.98 Å². The first-order valence-corrected chi connectivity index (χ1v) is 9.47. The number of ether oxygens (including phenoxy) is 1. The number of halogens is 1. The molecule has 0 aliphatic carbocycles. The molecule has 1 aliphatic heterocycles. The van der Waals surface area contributed by atoms with Crippen LogP contribution >= 0.6 is 11.6 Å². The van der Waals surface area contributed by atoms with Gasteiger partial charge in [-0.25, -0.2) is 4.98 Å². The van der Waals surface area contributed by atoms with E-state index in [1.807, 2.05) is 29.2 Å². The van der Waals surface area contributed by atoms with Gasteiger partial charge < -0.3 is 14.5 Å². The molecule has 9 heteroatoms. The number of nitrogens with zero attached hydrogens (tertiary/aromatic N) is 3. The predicted molar refractivity (Wildman–Crippen MR) is 96.5 cm³/mol. The van der Waals surface area contributed by atoms with E-state index in [9.17, 15) is 8.42 Å². The maximum Gasteiger partial charge on any atom is 0.297 e. The van der Waals surface area contributed by atoms with Gasteiger partial charge in [0, 0.05) is 37.9 Å². The Hall–Kier alpha value is -2.03. The van der Waals surface area contributed by atoms with E-state index in [-0.39, 0.29) is 9.92 Å². The summed E-state index contributed by atoms with van der Waals surface area (Å²) >= 11 is 5.96. The smallest absolute Gasteiger partial charge is 0.297 e. The van der Waals surface area contributed by atoms with Crippen LogP contribution in [0.2, 0.25) is 5.02 Å². The van der Waals surface area contributed by atoms with Crippen LogP contribution in [0.5, 0.6) is 5.75 Å². The van der Waals surface area contributed by atoms with Gasteiger partial charge in [0.1, 0.15) is 16.5 Å². The predicted octanol–water partition coefficient (Wildman–Crippen LogP) is 2.32. The minimum absolute atomic E-state index is 0.0370. The van der Waals surface area contributed by atoms with Gasteiger partial charge >= 0.3 is 0 Å². The van der Waals surface area contributed by atoms with E-state index in [4.69, 9.17) is 20.9 Å². The highest BCUT2D eigenvalue weighted by atomic mass is 35.5. The summed E-state index contributed by atoms with van der Waals surface area (Å²) in [7, 11) is -2.72. The molecule has 2 aromatic rings. The number of methoxy groups -OCH3 is 1. The Kier molecular flexibility index (Phi) is 5.03. The summed E-state index contributed by atoms with van der Waals surface area (Å²) in [5.74, 6) is 1.41. The fourth-order valence-electron chi connectivity index (χ4n) is 2.76. The number of pyridine rings is 1. The molecule has 0 unspecified atom stereocenters. The van der Waals surface area contributed by atoms with E-state index in [0.29, 0.717) is 5.82 Å². The zero-order valence-electron chi connectivity index (χ0n) is 13.6. The van der Waals surface area contributed by atoms with Crippen molar-refractivity contribution in [2.24, 2.45) is 0 Å². The highest BCUT2D eigenvalue weighted by Gasteiger charge is 2.21. The summed E-state index contributed by atoms with van der Waals surface area (Å²) in [5.41, 5.74) is 1.12. The minimum atomic E-state index is -4.36.